The minimum absolute atomic E-state index is 0.0307. The zero-order valence-electron chi connectivity index (χ0n) is 18.7. The highest BCUT2D eigenvalue weighted by atomic mass is 16.1. The van der Waals surface area contributed by atoms with E-state index in [2.05, 4.69) is 16.2 Å². The summed E-state index contributed by atoms with van der Waals surface area (Å²) in [5, 5.41) is 13.0. The summed E-state index contributed by atoms with van der Waals surface area (Å²) in [5.41, 5.74) is 6.23. The van der Waals surface area contributed by atoms with E-state index >= 15 is 0 Å². The molecule has 0 aliphatic heterocycles. The number of H-pyrrole nitrogens is 1. The van der Waals surface area contributed by atoms with Crippen molar-refractivity contribution in [1.82, 2.24) is 19.0 Å². The highest BCUT2D eigenvalue weighted by Crippen LogP contribution is 2.17. The van der Waals surface area contributed by atoms with E-state index in [1.807, 2.05) is 83.6 Å². The van der Waals surface area contributed by atoms with E-state index in [0.717, 1.165) is 28.0 Å². The Kier molecular flexibility index (Phi) is 8.88. The molecule has 6 nitrogen and oxygen atoms in total. The Morgan fingerprint density at radius 1 is 1.00 bits per heavy atom. The molecule has 0 saturated heterocycles. The smallest absolute Gasteiger partial charge is 0.205 e. The highest BCUT2D eigenvalue weighted by Gasteiger charge is 2.05. The Morgan fingerprint density at radius 2 is 1.66 bits per heavy atom. The number of nitrogens with one attached hydrogen (secondary N) is 1. The van der Waals surface area contributed by atoms with Crippen LogP contribution in [0.25, 0.3) is 11.2 Å². The predicted octanol–water partition coefficient (Wildman–Crippen LogP) is 5.12. The second kappa shape index (κ2) is 10.9. The van der Waals surface area contributed by atoms with E-state index in [1.165, 1.54) is 5.56 Å². The van der Waals surface area contributed by atoms with Crippen molar-refractivity contribution in [3.63, 3.8) is 0 Å². The summed E-state index contributed by atoms with van der Waals surface area (Å²) in [7, 11) is 0. The number of fused-ring (bicyclic) bond motifs is 2. The van der Waals surface area contributed by atoms with Crippen LogP contribution in [0, 0.1) is 39.0 Å². The molecule has 0 unspecified atom stereocenters. The average Bonchev–Trinajstić information content (AvgIpc) is 3.22. The first-order chi connectivity index (χ1) is 13.9. The quantitative estimate of drug-likeness (QED) is 0.450. The molecule has 0 saturated carbocycles. The minimum Gasteiger partial charge on any atom is -0.342 e. The molecule has 0 aliphatic carbocycles. The first-order valence-electron chi connectivity index (χ1n) is 9.93. The van der Waals surface area contributed by atoms with E-state index in [-0.39, 0.29) is 5.43 Å². The Labute approximate surface area is 172 Å². The van der Waals surface area contributed by atoms with Crippen LogP contribution in [0.5, 0.6) is 0 Å². The van der Waals surface area contributed by atoms with Gasteiger partial charge < -0.3 is 9.38 Å². The van der Waals surface area contributed by atoms with Crippen LogP contribution in [0.2, 0.25) is 0 Å². The number of nitriles is 1. The van der Waals surface area contributed by atoms with Crippen molar-refractivity contribution in [3.05, 3.63) is 75.1 Å². The summed E-state index contributed by atoms with van der Waals surface area (Å²) in [6.07, 6.45) is 5.87. The molecule has 0 amide bonds. The molecular formula is C23H31N5O. The maximum Gasteiger partial charge on any atom is 0.205 e. The summed E-state index contributed by atoms with van der Waals surface area (Å²) in [6, 6.07) is 7.78. The number of imidazole rings is 1. The lowest BCUT2D eigenvalue weighted by atomic mass is 10.2. The molecule has 0 aliphatic rings. The lowest BCUT2D eigenvalue weighted by Crippen LogP contribution is -2.09. The van der Waals surface area contributed by atoms with Gasteiger partial charge in [-0.15, -0.1) is 0 Å². The molecule has 0 fully saturated rings. The molecule has 0 atom stereocenters. The van der Waals surface area contributed by atoms with Gasteiger partial charge in [0.1, 0.15) is 17.4 Å². The van der Waals surface area contributed by atoms with Gasteiger partial charge in [0.05, 0.1) is 11.1 Å². The van der Waals surface area contributed by atoms with Gasteiger partial charge in [-0.1, -0.05) is 33.8 Å². The van der Waals surface area contributed by atoms with Crippen molar-refractivity contribution in [3.8, 4) is 6.07 Å². The highest BCUT2D eigenvalue weighted by molar-refractivity contribution is 5.65. The van der Waals surface area contributed by atoms with Gasteiger partial charge in [-0.05, 0) is 44.9 Å². The second-order valence-electron chi connectivity index (χ2n) is 6.16. The molecule has 0 spiro atoms. The lowest BCUT2D eigenvalue weighted by molar-refractivity contribution is 0.889. The van der Waals surface area contributed by atoms with Crippen molar-refractivity contribution in [2.45, 2.75) is 55.4 Å². The number of nitrogens with zero attached hydrogens (tertiary/aromatic N) is 4. The Morgan fingerprint density at radius 3 is 2.28 bits per heavy atom. The van der Waals surface area contributed by atoms with Crippen LogP contribution in [0.4, 0.5) is 0 Å². The summed E-state index contributed by atoms with van der Waals surface area (Å²) >= 11 is 0. The van der Waals surface area contributed by atoms with Crippen LogP contribution in [0.1, 0.15) is 55.8 Å². The van der Waals surface area contributed by atoms with Crippen molar-refractivity contribution >= 4 is 11.2 Å². The summed E-state index contributed by atoms with van der Waals surface area (Å²) in [5.74, 6) is 0. The molecule has 4 heterocycles. The SMILES string of the molecule is CC.CC.Cc1ccc2c(C#N)c(C)cn2c1.Cc1cn2nc(C)c(=O)cc2[nH]1. The number of hydrogen-bond acceptors (Lipinski definition) is 3. The van der Waals surface area contributed by atoms with E-state index in [4.69, 9.17) is 5.26 Å². The monoisotopic (exact) mass is 393 g/mol. The Bertz CT molecular complexity index is 1170. The number of rotatable bonds is 0. The van der Waals surface area contributed by atoms with Gasteiger partial charge in [-0.3, -0.25) is 4.79 Å². The van der Waals surface area contributed by atoms with Gasteiger partial charge >= 0.3 is 0 Å². The summed E-state index contributed by atoms with van der Waals surface area (Å²) in [6.45, 7) is 15.6. The van der Waals surface area contributed by atoms with Crippen LogP contribution < -0.4 is 5.43 Å². The fourth-order valence-electron chi connectivity index (χ4n) is 2.74. The van der Waals surface area contributed by atoms with E-state index < -0.39 is 0 Å². The van der Waals surface area contributed by atoms with Crippen molar-refractivity contribution < 1.29 is 0 Å². The first kappa shape index (κ1) is 23.7. The molecule has 154 valence electrons. The first-order valence-corrected chi connectivity index (χ1v) is 9.93. The average molecular weight is 394 g/mol. The Hall–Kier alpha value is -3.33. The van der Waals surface area contributed by atoms with Gasteiger partial charge in [0.25, 0.3) is 0 Å². The van der Waals surface area contributed by atoms with Crippen LogP contribution in [-0.2, 0) is 0 Å². The second-order valence-corrected chi connectivity index (χ2v) is 6.16. The minimum atomic E-state index is -0.0307. The van der Waals surface area contributed by atoms with Crippen molar-refractivity contribution in [2.75, 3.05) is 0 Å². The number of aromatic nitrogens is 4. The van der Waals surface area contributed by atoms with Gasteiger partial charge in [0, 0.05) is 30.4 Å². The maximum absolute atomic E-state index is 11.1. The van der Waals surface area contributed by atoms with Gasteiger partial charge in [-0.25, -0.2) is 4.52 Å². The van der Waals surface area contributed by atoms with E-state index in [1.54, 1.807) is 17.5 Å². The largest absolute Gasteiger partial charge is 0.342 e. The third-order valence-electron chi connectivity index (χ3n) is 3.99. The van der Waals surface area contributed by atoms with Crippen LogP contribution in [0.15, 0.2) is 41.6 Å². The molecular weight excluding hydrogens is 362 g/mol. The van der Waals surface area contributed by atoms with E-state index in [0.29, 0.717) is 5.69 Å². The fourth-order valence-corrected chi connectivity index (χ4v) is 2.74. The molecule has 29 heavy (non-hydrogen) atoms. The van der Waals surface area contributed by atoms with Crippen LogP contribution >= 0.6 is 0 Å². The zero-order valence-corrected chi connectivity index (χ0v) is 18.7. The molecule has 0 aromatic carbocycles. The van der Waals surface area contributed by atoms with Gasteiger partial charge in [0.15, 0.2) is 0 Å². The number of aryl methyl sites for hydroxylation is 4. The third-order valence-corrected chi connectivity index (χ3v) is 3.99. The molecule has 1 N–H and O–H groups in total. The van der Waals surface area contributed by atoms with Crippen molar-refractivity contribution in [2.24, 2.45) is 0 Å². The predicted molar refractivity (Wildman–Crippen MR) is 120 cm³/mol. The zero-order chi connectivity index (χ0) is 22.1. The number of pyridine rings is 1. The normalized spacial score (nSPS) is 9.48. The van der Waals surface area contributed by atoms with Crippen LogP contribution in [0.3, 0.4) is 0 Å². The molecule has 4 rings (SSSR count). The topological polar surface area (TPSA) is 78.4 Å². The van der Waals surface area contributed by atoms with Gasteiger partial charge in [0.2, 0.25) is 5.43 Å². The fraction of sp³-hybridized carbons (Fsp3) is 0.348. The summed E-state index contributed by atoms with van der Waals surface area (Å²) < 4.78 is 3.68. The maximum atomic E-state index is 11.1. The standard InChI is InChI=1S/C11H10N2.C8H9N3O.2C2H6/c1-8-3-4-11-10(5-12)9(2)7-13(11)6-8;1-5-4-11-8(9-5)3-7(12)6(2)10-11;2*1-2/h3-4,6-7H,1-2H3;3-4,9H,1-2H3;2*1-2H3. The van der Waals surface area contributed by atoms with Crippen molar-refractivity contribution in [1.29, 1.82) is 5.26 Å². The third kappa shape index (κ3) is 5.58. The molecule has 6 heteroatoms. The number of hydrogen-bond donors (Lipinski definition) is 1. The lowest BCUT2D eigenvalue weighted by Gasteiger charge is -1.95. The molecule has 0 radical (unpaired) electrons. The van der Waals surface area contributed by atoms with Gasteiger partial charge in [-0.2, -0.15) is 10.4 Å². The van der Waals surface area contributed by atoms with E-state index in [9.17, 15) is 4.79 Å². The summed E-state index contributed by atoms with van der Waals surface area (Å²) in [4.78, 5) is 14.2. The van der Waals surface area contributed by atoms with Crippen LogP contribution in [-0.4, -0.2) is 19.0 Å². The molecule has 0 bridgehead atoms. The number of aromatic amines is 1. The Balaban J connectivity index is 0.000000248. The molecule has 4 aromatic heterocycles. The molecule has 4 aromatic rings.